The number of methoxy groups -OCH3 is 3. The van der Waals surface area contributed by atoms with E-state index in [9.17, 15) is 13.2 Å². The number of ether oxygens (including phenoxy) is 3. The Labute approximate surface area is 109 Å². The number of hydrogen-bond donors (Lipinski definition) is 1. The second kappa shape index (κ2) is 6.01. The van der Waals surface area contributed by atoms with Crippen molar-refractivity contribution in [1.29, 1.82) is 0 Å². The van der Waals surface area contributed by atoms with Crippen LogP contribution < -0.4 is 19.5 Å². The van der Waals surface area contributed by atoms with Gasteiger partial charge >= 0.3 is 6.18 Å². The molecular weight excluding hydrogens is 263 g/mol. The third kappa shape index (κ3) is 3.23. The summed E-state index contributed by atoms with van der Waals surface area (Å²) in [6.07, 6.45) is -4.47. The van der Waals surface area contributed by atoms with Crippen LogP contribution in [0.2, 0.25) is 0 Å². The van der Waals surface area contributed by atoms with E-state index in [0.29, 0.717) is 5.75 Å². The third-order valence-electron chi connectivity index (χ3n) is 2.66. The van der Waals surface area contributed by atoms with E-state index in [4.69, 9.17) is 14.2 Å². The fourth-order valence-corrected chi connectivity index (χ4v) is 1.79. The molecule has 0 saturated carbocycles. The van der Waals surface area contributed by atoms with Crippen LogP contribution in [0.15, 0.2) is 12.1 Å². The van der Waals surface area contributed by atoms with Crippen molar-refractivity contribution >= 4 is 0 Å². The summed E-state index contributed by atoms with van der Waals surface area (Å²) in [5, 5.41) is 2.22. The SMILES string of the molecule is CNC(c1c(OC)cc(OC)cc1OC)C(F)(F)F. The molecule has 1 N–H and O–H groups in total. The van der Waals surface area contributed by atoms with Crippen molar-refractivity contribution in [2.75, 3.05) is 28.4 Å². The Morgan fingerprint density at radius 1 is 1.00 bits per heavy atom. The van der Waals surface area contributed by atoms with Gasteiger partial charge in [0, 0.05) is 12.1 Å². The summed E-state index contributed by atoms with van der Waals surface area (Å²) in [7, 11) is 5.22. The molecule has 7 heteroatoms. The number of halogens is 3. The molecule has 1 aromatic carbocycles. The van der Waals surface area contributed by atoms with Crippen molar-refractivity contribution in [2.24, 2.45) is 0 Å². The molecule has 0 aliphatic rings. The molecule has 1 atom stereocenters. The number of nitrogens with one attached hydrogen (secondary N) is 1. The molecule has 1 aromatic rings. The first-order valence-electron chi connectivity index (χ1n) is 5.42. The maximum Gasteiger partial charge on any atom is 0.408 e. The second-order valence-corrected chi connectivity index (χ2v) is 3.71. The van der Waals surface area contributed by atoms with Crippen LogP contribution in [0.4, 0.5) is 13.2 Å². The van der Waals surface area contributed by atoms with E-state index in [1.54, 1.807) is 0 Å². The zero-order valence-electron chi connectivity index (χ0n) is 11.1. The molecule has 1 rings (SSSR count). The molecule has 1 unspecified atom stereocenters. The van der Waals surface area contributed by atoms with Crippen LogP contribution in [0.1, 0.15) is 11.6 Å². The van der Waals surface area contributed by atoms with Gasteiger partial charge in [0.1, 0.15) is 23.3 Å². The van der Waals surface area contributed by atoms with Gasteiger partial charge in [0.2, 0.25) is 0 Å². The molecule has 0 amide bonds. The predicted molar refractivity (Wildman–Crippen MR) is 64.0 cm³/mol. The summed E-state index contributed by atoms with van der Waals surface area (Å²) in [4.78, 5) is 0. The molecule has 0 saturated heterocycles. The first-order chi connectivity index (χ1) is 8.88. The largest absolute Gasteiger partial charge is 0.496 e. The molecule has 4 nitrogen and oxygen atoms in total. The van der Waals surface area contributed by atoms with Crippen LogP contribution in [-0.2, 0) is 0 Å². The molecule has 0 aliphatic heterocycles. The molecule has 19 heavy (non-hydrogen) atoms. The van der Waals surface area contributed by atoms with Gasteiger partial charge < -0.3 is 19.5 Å². The first kappa shape index (κ1) is 15.4. The van der Waals surface area contributed by atoms with Crippen molar-refractivity contribution < 1.29 is 27.4 Å². The minimum Gasteiger partial charge on any atom is -0.496 e. The van der Waals surface area contributed by atoms with E-state index in [-0.39, 0.29) is 17.1 Å². The van der Waals surface area contributed by atoms with E-state index in [1.165, 1.54) is 40.5 Å². The van der Waals surface area contributed by atoms with Crippen LogP contribution in [0.3, 0.4) is 0 Å². The smallest absolute Gasteiger partial charge is 0.408 e. The lowest BCUT2D eigenvalue weighted by molar-refractivity contribution is -0.157. The molecule has 0 bridgehead atoms. The highest BCUT2D eigenvalue weighted by molar-refractivity contribution is 5.52. The summed E-state index contributed by atoms with van der Waals surface area (Å²) in [5.41, 5.74) is -0.110. The molecule has 0 radical (unpaired) electrons. The number of hydrogen-bond acceptors (Lipinski definition) is 4. The normalized spacial score (nSPS) is 13.0. The van der Waals surface area contributed by atoms with Crippen LogP contribution in [-0.4, -0.2) is 34.6 Å². The molecule has 0 spiro atoms. The number of benzene rings is 1. The Bertz CT molecular complexity index is 410. The van der Waals surface area contributed by atoms with Crippen molar-refractivity contribution in [3.8, 4) is 17.2 Å². The lowest BCUT2D eigenvalue weighted by Gasteiger charge is -2.24. The van der Waals surface area contributed by atoms with Crippen LogP contribution in [0.25, 0.3) is 0 Å². The Hall–Kier alpha value is -1.63. The first-order valence-corrected chi connectivity index (χ1v) is 5.42. The Balaban J connectivity index is 3.46. The predicted octanol–water partition coefficient (Wildman–Crippen LogP) is 2.54. The average molecular weight is 279 g/mol. The van der Waals surface area contributed by atoms with E-state index < -0.39 is 12.2 Å². The highest BCUT2D eigenvalue weighted by atomic mass is 19.4. The van der Waals surface area contributed by atoms with Gasteiger partial charge in [-0.3, -0.25) is 0 Å². The highest BCUT2D eigenvalue weighted by Crippen LogP contribution is 2.44. The summed E-state index contributed by atoms with van der Waals surface area (Å²) >= 11 is 0. The van der Waals surface area contributed by atoms with E-state index >= 15 is 0 Å². The minimum atomic E-state index is -4.47. The summed E-state index contributed by atoms with van der Waals surface area (Å²) in [6.45, 7) is 0. The van der Waals surface area contributed by atoms with E-state index in [1.807, 2.05) is 0 Å². The molecular formula is C12H16F3NO3. The standard InChI is InChI=1S/C12H16F3NO3/c1-16-11(12(13,14)15)10-8(18-3)5-7(17-2)6-9(10)19-4/h5-6,11,16H,1-4H3. The molecule has 0 aliphatic carbocycles. The second-order valence-electron chi connectivity index (χ2n) is 3.71. The van der Waals surface area contributed by atoms with E-state index in [0.717, 1.165) is 0 Å². The lowest BCUT2D eigenvalue weighted by atomic mass is 10.0. The van der Waals surface area contributed by atoms with Gasteiger partial charge in [0.15, 0.2) is 0 Å². The zero-order chi connectivity index (χ0) is 14.6. The minimum absolute atomic E-state index is 0.0490. The lowest BCUT2D eigenvalue weighted by Crippen LogP contribution is -2.32. The monoisotopic (exact) mass is 279 g/mol. The van der Waals surface area contributed by atoms with Gasteiger partial charge in [-0.15, -0.1) is 0 Å². The van der Waals surface area contributed by atoms with Crippen molar-refractivity contribution in [3.63, 3.8) is 0 Å². The number of rotatable bonds is 5. The molecule has 108 valence electrons. The van der Waals surface area contributed by atoms with Crippen molar-refractivity contribution in [1.82, 2.24) is 5.32 Å². The van der Waals surface area contributed by atoms with Gasteiger partial charge in [0.05, 0.1) is 26.9 Å². The summed E-state index contributed by atoms with van der Waals surface area (Å²) < 4.78 is 54.1. The average Bonchev–Trinajstić information content (AvgIpc) is 2.37. The maximum absolute atomic E-state index is 13.0. The van der Waals surface area contributed by atoms with Crippen LogP contribution >= 0.6 is 0 Å². The molecule has 0 aromatic heterocycles. The summed E-state index contributed by atoms with van der Waals surface area (Å²) in [6, 6.07) is 0.880. The Morgan fingerprint density at radius 3 is 1.74 bits per heavy atom. The number of alkyl halides is 3. The Morgan fingerprint density at radius 2 is 1.47 bits per heavy atom. The quantitative estimate of drug-likeness (QED) is 0.899. The zero-order valence-corrected chi connectivity index (χ0v) is 11.1. The molecule has 0 heterocycles. The fourth-order valence-electron chi connectivity index (χ4n) is 1.79. The topological polar surface area (TPSA) is 39.7 Å². The van der Waals surface area contributed by atoms with Gasteiger partial charge in [-0.2, -0.15) is 13.2 Å². The van der Waals surface area contributed by atoms with Crippen molar-refractivity contribution in [2.45, 2.75) is 12.2 Å². The van der Waals surface area contributed by atoms with E-state index in [2.05, 4.69) is 5.32 Å². The van der Waals surface area contributed by atoms with Gasteiger partial charge in [-0.25, -0.2) is 0 Å². The van der Waals surface area contributed by atoms with Crippen molar-refractivity contribution in [3.05, 3.63) is 17.7 Å². The third-order valence-corrected chi connectivity index (χ3v) is 2.66. The highest BCUT2D eigenvalue weighted by Gasteiger charge is 2.43. The van der Waals surface area contributed by atoms with Gasteiger partial charge in [-0.05, 0) is 7.05 Å². The maximum atomic E-state index is 13.0. The molecule has 0 fully saturated rings. The van der Waals surface area contributed by atoms with Gasteiger partial charge in [0.25, 0.3) is 0 Å². The fraction of sp³-hybridized carbons (Fsp3) is 0.500. The van der Waals surface area contributed by atoms with Crippen LogP contribution in [0.5, 0.6) is 17.2 Å². The summed E-state index contributed by atoms with van der Waals surface area (Å²) in [5.74, 6) is 0.454. The van der Waals surface area contributed by atoms with Crippen LogP contribution in [0, 0.1) is 0 Å². The van der Waals surface area contributed by atoms with Gasteiger partial charge in [-0.1, -0.05) is 0 Å². The Kier molecular flexibility index (Phi) is 4.88.